The topological polar surface area (TPSA) is 0 Å². The molecule has 0 heterocycles. The van der Waals surface area contributed by atoms with Crippen LogP contribution in [-0.4, -0.2) is 24.9 Å². The van der Waals surface area contributed by atoms with Crippen molar-refractivity contribution in [1.82, 2.24) is 0 Å². The van der Waals surface area contributed by atoms with Crippen molar-refractivity contribution in [3.8, 4) is 0 Å². The molecule has 0 aromatic heterocycles. The van der Waals surface area contributed by atoms with Gasteiger partial charge in [0.15, 0.2) is 0 Å². The van der Waals surface area contributed by atoms with Crippen molar-refractivity contribution in [2.24, 2.45) is 0 Å². The monoisotopic (exact) mass is 384 g/mol. The Hall–Kier alpha value is 0.979. The Labute approximate surface area is 94.2 Å². The summed E-state index contributed by atoms with van der Waals surface area (Å²) in [7, 11) is 0. The molecule has 0 radical (unpaired) electrons. The van der Waals surface area contributed by atoms with Crippen LogP contribution in [0.5, 0.6) is 0 Å². The van der Waals surface area contributed by atoms with Crippen molar-refractivity contribution < 1.29 is 0 Å². The average molecular weight is 385 g/mol. The minimum atomic E-state index is -0.657. The van der Waals surface area contributed by atoms with Gasteiger partial charge in [-0.3, -0.25) is 0 Å². The van der Waals surface area contributed by atoms with Gasteiger partial charge in [-0.15, -0.1) is 0 Å². The van der Waals surface area contributed by atoms with Crippen LogP contribution >= 0.6 is 31.9 Å². The fourth-order valence-corrected chi connectivity index (χ4v) is 7.29. The summed E-state index contributed by atoms with van der Waals surface area (Å²) in [5.74, 6) is 0. The Balaban J connectivity index is 2.39. The second-order valence-corrected chi connectivity index (χ2v) is 11.3. The predicted octanol–water partition coefficient (Wildman–Crippen LogP) is 2.01. The van der Waals surface area contributed by atoms with Crippen molar-refractivity contribution in [3.63, 3.8) is 0 Å². The molecule has 0 saturated heterocycles. The molecule has 0 aliphatic carbocycles. The van der Waals surface area contributed by atoms with E-state index in [9.17, 15) is 0 Å². The van der Waals surface area contributed by atoms with Crippen LogP contribution in [0.15, 0.2) is 30.3 Å². The summed E-state index contributed by atoms with van der Waals surface area (Å²) in [4.78, 5) is 0. The van der Waals surface area contributed by atoms with Crippen molar-refractivity contribution in [2.45, 2.75) is 8.17 Å². The molecule has 0 fully saturated rings. The molecule has 0 unspecified atom stereocenters. The zero-order chi connectivity index (χ0) is 8.10. The fourth-order valence-electron chi connectivity index (χ4n) is 0.920. The van der Waals surface area contributed by atoms with E-state index >= 15 is 0 Å². The number of hydrogen-bond acceptors (Lipinski definition) is 0. The molecule has 60 valence electrons. The standard InChI is InChI=1S/C6H5.C2H3Br2.Sn.2H/c1-2-4-6-5-3-1;1-2(3)4;;;/h1-5H;2H,1H2;;;. The zero-order valence-corrected chi connectivity index (χ0v) is 13.3. The Morgan fingerprint density at radius 3 is 2.36 bits per heavy atom. The number of rotatable bonds is 3. The molecule has 0 atom stereocenters. The maximum atomic E-state index is 3.50. The van der Waals surface area contributed by atoms with Crippen LogP contribution in [0, 0.1) is 0 Å². The summed E-state index contributed by atoms with van der Waals surface area (Å²) in [6.45, 7) is 0. The number of halogens is 2. The Morgan fingerprint density at radius 2 is 1.82 bits per heavy atom. The second kappa shape index (κ2) is 5.59. The third kappa shape index (κ3) is 4.53. The first-order chi connectivity index (χ1) is 5.29. The normalized spacial score (nSPS) is 11.5. The molecule has 1 aromatic carbocycles. The van der Waals surface area contributed by atoms with E-state index in [-0.39, 0.29) is 0 Å². The van der Waals surface area contributed by atoms with Crippen LogP contribution in [0.1, 0.15) is 0 Å². The fraction of sp³-hybridized carbons (Fsp3) is 0.250. The Morgan fingerprint density at radius 1 is 1.18 bits per heavy atom. The summed E-state index contributed by atoms with van der Waals surface area (Å²) >= 11 is 6.35. The first-order valence-electron chi connectivity index (χ1n) is 3.61. The van der Waals surface area contributed by atoms with Crippen LogP contribution < -0.4 is 3.58 Å². The van der Waals surface area contributed by atoms with Gasteiger partial charge in [0.2, 0.25) is 0 Å². The van der Waals surface area contributed by atoms with Crippen LogP contribution in [0.3, 0.4) is 0 Å². The molecule has 0 spiro atoms. The molecule has 0 bridgehead atoms. The van der Waals surface area contributed by atoms with Gasteiger partial charge in [0.1, 0.15) is 0 Å². The van der Waals surface area contributed by atoms with Crippen molar-refractivity contribution in [2.75, 3.05) is 0 Å². The molecular formula is C8H10Br2Sn. The summed E-state index contributed by atoms with van der Waals surface area (Å²) in [6, 6.07) is 10.8. The van der Waals surface area contributed by atoms with E-state index in [0.29, 0.717) is 3.74 Å². The van der Waals surface area contributed by atoms with Crippen LogP contribution in [0.2, 0.25) is 4.44 Å². The second-order valence-electron chi connectivity index (χ2n) is 2.42. The number of alkyl halides is 2. The third-order valence-electron chi connectivity index (χ3n) is 1.49. The van der Waals surface area contributed by atoms with E-state index in [1.54, 1.807) is 3.58 Å². The van der Waals surface area contributed by atoms with Crippen LogP contribution in [0.25, 0.3) is 0 Å². The van der Waals surface area contributed by atoms with Gasteiger partial charge in [-0.2, -0.15) is 0 Å². The van der Waals surface area contributed by atoms with E-state index in [4.69, 9.17) is 0 Å². The number of hydrogen-bond donors (Lipinski definition) is 0. The summed E-state index contributed by atoms with van der Waals surface area (Å²) in [6.07, 6.45) is 0. The molecule has 3 heteroatoms. The van der Waals surface area contributed by atoms with E-state index in [2.05, 4.69) is 62.2 Å². The molecule has 1 aromatic rings. The Kier molecular flexibility index (Phi) is 5.12. The number of benzene rings is 1. The first-order valence-corrected chi connectivity index (χ1v) is 10.3. The van der Waals surface area contributed by atoms with Crippen molar-refractivity contribution in [1.29, 1.82) is 0 Å². The predicted molar refractivity (Wildman–Crippen MR) is 61.1 cm³/mol. The van der Waals surface area contributed by atoms with E-state index in [0.717, 1.165) is 0 Å². The molecule has 0 saturated carbocycles. The van der Waals surface area contributed by atoms with E-state index in [1.807, 2.05) is 0 Å². The van der Waals surface area contributed by atoms with E-state index < -0.39 is 21.1 Å². The summed E-state index contributed by atoms with van der Waals surface area (Å²) in [5, 5.41) is 0. The minimum absolute atomic E-state index is 0.533. The van der Waals surface area contributed by atoms with Gasteiger partial charge in [-0.05, 0) is 0 Å². The van der Waals surface area contributed by atoms with Gasteiger partial charge < -0.3 is 0 Å². The SMILES string of the molecule is BrC(Br)[CH2][SnH2][c]1ccccc1. The average Bonchev–Trinajstić information content (AvgIpc) is 2.03. The van der Waals surface area contributed by atoms with Crippen LogP contribution in [-0.2, 0) is 0 Å². The van der Waals surface area contributed by atoms with Gasteiger partial charge in [-0.25, -0.2) is 0 Å². The molecular weight excluding hydrogens is 375 g/mol. The summed E-state index contributed by atoms with van der Waals surface area (Å²) in [5.41, 5.74) is 0. The van der Waals surface area contributed by atoms with Gasteiger partial charge in [0.05, 0.1) is 0 Å². The molecule has 11 heavy (non-hydrogen) atoms. The molecule has 0 aliphatic rings. The quantitative estimate of drug-likeness (QED) is 0.552. The molecule has 1 rings (SSSR count). The zero-order valence-electron chi connectivity index (χ0n) is 6.13. The molecule has 0 N–H and O–H groups in total. The Bertz CT molecular complexity index is 199. The van der Waals surface area contributed by atoms with Gasteiger partial charge >= 0.3 is 95.1 Å². The molecule has 0 nitrogen and oxygen atoms in total. The summed E-state index contributed by atoms with van der Waals surface area (Å²) < 4.78 is 3.48. The molecule has 0 amide bonds. The van der Waals surface area contributed by atoms with Gasteiger partial charge in [0.25, 0.3) is 0 Å². The van der Waals surface area contributed by atoms with Crippen molar-refractivity contribution >= 4 is 56.6 Å². The first kappa shape index (κ1) is 10.1. The van der Waals surface area contributed by atoms with Crippen molar-refractivity contribution in [3.05, 3.63) is 30.3 Å². The van der Waals surface area contributed by atoms with Crippen LogP contribution in [0.4, 0.5) is 0 Å². The molecule has 0 aliphatic heterocycles. The van der Waals surface area contributed by atoms with Gasteiger partial charge in [0, 0.05) is 0 Å². The maximum absolute atomic E-state index is 3.50. The van der Waals surface area contributed by atoms with Gasteiger partial charge in [-0.1, -0.05) is 0 Å². The third-order valence-corrected chi connectivity index (χ3v) is 12.7. The van der Waals surface area contributed by atoms with E-state index in [1.165, 1.54) is 4.44 Å².